The number of carbonyl (C=O) groups excluding carboxylic acids is 2. The second-order valence-corrected chi connectivity index (χ2v) is 8.10. The molecule has 1 aliphatic rings. The molecule has 2 heterocycles. The number of amides is 2. The highest BCUT2D eigenvalue weighted by Crippen LogP contribution is 2.34. The monoisotopic (exact) mass is 456 g/mol. The molecule has 32 heavy (non-hydrogen) atoms. The van der Waals surface area contributed by atoms with E-state index < -0.39 is 11.7 Å². The van der Waals surface area contributed by atoms with Gasteiger partial charge < -0.3 is 15.2 Å². The number of aryl methyl sites for hydroxylation is 1. The highest BCUT2D eigenvalue weighted by molar-refractivity contribution is 6.33. The molecule has 0 bridgehead atoms. The first-order valence-corrected chi connectivity index (χ1v) is 10.5. The number of carbonyl (C=O) groups is 2. The first kappa shape index (κ1) is 22.0. The van der Waals surface area contributed by atoms with Gasteiger partial charge in [0.05, 0.1) is 10.6 Å². The highest BCUT2D eigenvalue weighted by atomic mass is 35.5. The van der Waals surface area contributed by atoms with E-state index in [4.69, 9.17) is 21.9 Å². The average molecular weight is 457 g/mol. The van der Waals surface area contributed by atoms with Gasteiger partial charge in [0.25, 0.3) is 5.91 Å². The van der Waals surface area contributed by atoms with Gasteiger partial charge in [-0.15, -0.1) is 0 Å². The van der Waals surface area contributed by atoms with Crippen LogP contribution >= 0.6 is 11.6 Å². The number of halogens is 2. The van der Waals surface area contributed by atoms with Gasteiger partial charge >= 0.3 is 0 Å². The van der Waals surface area contributed by atoms with Crippen LogP contribution in [0.15, 0.2) is 47.0 Å². The van der Waals surface area contributed by atoms with Gasteiger partial charge in [-0.3, -0.25) is 14.5 Å². The van der Waals surface area contributed by atoms with Crippen LogP contribution in [-0.4, -0.2) is 52.9 Å². The topological polar surface area (TPSA) is 92.7 Å². The SMILES string of the molecule is Cc1onc(-c2c(F)cccc2Cl)c1C(=O)N1CCN(Cc2ccc(C(N)=O)cc2)CC1. The molecule has 2 aromatic carbocycles. The Labute approximate surface area is 189 Å². The van der Waals surface area contributed by atoms with Crippen LogP contribution in [0.2, 0.25) is 5.02 Å². The lowest BCUT2D eigenvalue weighted by Crippen LogP contribution is -2.48. The van der Waals surface area contributed by atoms with Gasteiger partial charge in [0.1, 0.15) is 22.8 Å². The molecule has 3 aromatic rings. The van der Waals surface area contributed by atoms with Crippen LogP contribution in [0.1, 0.15) is 32.0 Å². The molecule has 0 radical (unpaired) electrons. The Balaban J connectivity index is 1.45. The van der Waals surface area contributed by atoms with E-state index in [1.165, 1.54) is 12.1 Å². The third-order valence-electron chi connectivity index (χ3n) is 5.58. The maximum absolute atomic E-state index is 14.4. The van der Waals surface area contributed by atoms with Crippen molar-refractivity contribution in [3.05, 3.63) is 75.8 Å². The maximum atomic E-state index is 14.4. The summed E-state index contributed by atoms with van der Waals surface area (Å²) < 4.78 is 19.7. The van der Waals surface area contributed by atoms with E-state index in [2.05, 4.69) is 10.1 Å². The molecule has 0 spiro atoms. The van der Waals surface area contributed by atoms with Gasteiger partial charge in [0, 0.05) is 38.3 Å². The quantitative estimate of drug-likeness (QED) is 0.634. The Morgan fingerprint density at radius 1 is 1.12 bits per heavy atom. The summed E-state index contributed by atoms with van der Waals surface area (Å²) >= 11 is 6.18. The van der Waals surface area contributed by atoms with Gasteiger partial charge in [0.2, 0.25) is 5.91 Å². The van der Waals surface area contributed by atoms with Crippen molar-refractivity contribution in [1.29, 1.82) is 0 Å². The zero-order chi connectivity index (χ0) is 22.8. The molecule has 2 N–H and O–H groups in total. The predicted molar refractivity (Wildman–Crippen MR) is 118 cm³/mol. The fourth-order valence-electron chi connectivity index (χ4n) is 3.82. The molecule has 1 aromatic heterocycles. The van der Waals surface area contributed by atoms with Crippen LogP contribution in [0, 0.1) is 12.7 Å². The molecule has 7 nitrogen and oxygen atoms in total. The molecule has 1 aliphatic heterocycles. The summed E-state index contributed by atoms with van der Waals surface area (Å²) in [5.74, 6) is -0.958. The summed E-state index contributed by atoms with van der Waals surface area (Å²) in [4.78, 5) is 28.4. The minimum atomic E-state index is -0.563. The van der Waals surface area contributed by atoms with E-state index >= 15 is 0 Å². The minimum absolute atomic E-state index is 0.0624. The first-order chi connectivity index (χ1) is 15.3. The van der Waals surface area contributed by atoms with E-state index in [1.807, 2.05) is 12.1 Å². The molecule has 1 fully saturated rings. The summed E-state index contributed by atoms with van der Waals surface area (Å²) in [6, 6.07) is 11.5. The van der Waals surface area contributed by atoms with Gasteiger partial charge in [-0.25, -0.2) is 4.39 Å². The smallest absolute Gasteiger partial charge is 0.259 e. The molecular formula is C23H22ClFN4O3. The molecule has 4 rings (SSSR count). The van der Waals surface area contributed by atoms with Crippen molar-refractivity contribution in [3.63, 3.8) is 0 Å². The minimum Gasteiger partial charge on any atom is -0.366 e. The van der Waals surface area contributed by atoms with Crippen LogP contribution in [-0.2, 0) is 6.54 Å². The maximum Gasteiger partial charge on any atom is 0.259 e. The number of benzene rings is 2. The van der Waals surface area contributed by atoms with Gasteiger partial charge in [-0.2, -0.15) is 0 Å². The molecule has 0 unspecified atom stereocenters. The van der Waals surface area contributed by atoms with Crippen molar-refractivity contribution >= 4 is 23.4 Å². The zero-order valence-electron chi connectivity index (χ0n) is 17.5. The van der Waals surface area contributed by atoms with E-state index in [0.29, 0.717) is 44.0 Å². The summed E-state index contributed by atoms with van der Waals surface area (Å²) in [6.07, 6.45) is 0. The van der Waals surface area contributed by atoms with Crippen LogP contribution in [0.5, 0.6) is 0 Å². The molecule has 166 valence electrons. The fraction of sp³-hybridized carbons (Fsp3) is 0.261. The fourth-order valence-corrected chi connectivity index (χ4v) is 4.07. The summed E-state index contributed by atoms with van der Waals surface area (Å²) in [5.41, 5.74) is 7.22. The lowest BCUT2D eigenvalue weighted by atomic mass is 10.0. The van der Waals surface area contributed by atoms with Crippen molar-refractivity contribution in [3.8, 4) is 11.3 Å². The normalized spacial score (nSPS) is 14.5. The van der Waals surface area contributed by atoms with Crippen molar-refractivity contribution in [2.45, 2.75) is 13.5 Å². The molecule has 0 saturated carbocycles. The van der Waals surface area contributed by atoms with Crippen molar-refractivity contribution in [2.75, 3.05) is 26.2 Å². The number of piperazine rings is 1. The van der Waals surface area contributed by atoms with Crippen molar-refractivity contribution in [2.24, 2.45) is 5.73 Å². The highest BCUT2D eigenvalue weighted by Gasteiger charge is 2.30. The van der Waals surface area contributed by atoms with Gasteiger partial charge in [0.15, 0.2) is 0 Å². The van der Waals surface area contributed by atoms with Crippen LogP contribution < -0.4 is 5.73 Å². The van der Waals surface area contributed by atoms with Crippen LogP contribution in [0.25, 0.3) is 11.3 Å². The predicted octanol–water partition coefficient (Wildman–Crippen LogP) is 3.50. The lowest BCUT2D eigenvalue weighted by molar-refractivity contribution is 0.0627. The standard InChI is InChI=1S/C23H22ClFN4O3/c1-14-19(21(27-32-14)20-17(24)3-2-4-18(20)25)23(31)29-11-9-28(10-12-29)13-15-5-7-16(8-6-15)22(26)30/h2-8H,9-13H2,1H3,(H2,26,30). The second-order valence-electron chi connectivity index (χ2n) is 7.69. The second kappa shape index (κ2) is 9.10. The lowest BCUT2D eigenvalue weighted by Gasteiger charge is -2.34. The third-order valence-corrected chi connectivity index (χ3v) is 5.90. The zero-order valence-corrected chi connectivity index (χ0v) is 18.2. The Kier molecular flexibility index (Phi) is 6.25. The number of nitrogens with zero attached hydrogens (tertiary/aromatic N) is 3. The van der Waals surface area contributed by atoms with Crippen LogP contribution in [0.4, 0.5) is 4.39 Å². The molecule has 0 atom stereocenters. The Morgan fingerprint density at radius 3 is 2.44 bits per heavy atom. The summed E-state index contributed by atoms with van der Waals surface area (Å²) in [7, 11) is 0. The summed E-state index contributed by atoms with van der Waals surface area (Å²) in [6.45, 7) is 4.68. The molecular weight excluding hydrogens is 435 g/mol. The Bertz CT molecular complexity index is 1130. The third kappa shape index (κ3) is 4.37. The van der Waals surface area contributed by atoms with Crippen molar-refractivity contribution in [1.82, 2.24) is 15.0 Å². The van der Waals surface area contributed by atoms with E-state index in [1.54, 1.807) is 30.0 Å². The number of rotatable bonds is 5. The van der Waals surface area contributed by atoms with Crippen molar-refractivity contribution < 1.29 is 18.5 Å². The molecule has 0 aliphatic carbocycles. The van der Waals surface area contributed by atoms with E-state index in [-0.39, 0.29) is 27.8 Å². The van der Waals surface area contributed by atoms with E-state index in [9.17, 15) is 14.0 Å². The Hall–Kier alpha value is -3.23. The molecule has 1 saturated heterocycles. The molecule has 2 amide bonds. The number of primary amides is 1. The first-order valence-electron chi connectivity index (χ1n) is 10.2. The van der Waals surface area contributed by atoms with Gasteiger partial charge in [-0.1, -0.05) is 35.0 Å². The van der Waals surface area contributed by atoms with Crippen LogP contribution in [0.3, 0.4) is 0 Å². The largest absolute Gasteiger partial charge is 0.366 e. The number of hydrogen-bond donors (Lipinski definition) is 1. The van der Waals surface area contributed by atoms with Gasteiger partial charge in [-0.05, 0) is 36.8 Å². The Morgan fingerprint density at radius 2 is 1.81 bits per heavy atom. The number of hydrogen-bond acceptors (Lipinski definition) is 5. The summed E-state index contributed by atoms with van der Waals surface area (Å²) in [5, 5.41) is 4.09. The number of aromatic nitrogens is 1. The van der Waals surface area contributed by atoms with E-state index in [0.717, 1.165) is 5.56 Å². The number of nitrogens with two attached hydrogens (primary N) is 1. The average Bonchev–Trinajstić information content (AvgIpc) is 3.15. The molecule has 9 heteroatoms.